The van der Waals surface area contributed by atoms with E-state index in [0.717, 1.165) is 10.0 Å². The maximum absolute atomic E-state index is 12.3. The van der Waals surface area contributed by atoms with Gasteiger partial charge in [-0.05, 0) is 19.1 Å². The molecule has 0 saturated carbocycles. The Hall–Kier alpha value is -2.05. The molecule has 0 aliphatic rings. The van der Waals surface area contributed by atoms with E-state index in [4.69, 9.17) is 11.1 Å². The molecule has 9 heteroatoms. The quantitative estimate of drug-likeness (QED) is 0.580. The zero-order valence-electron chi connectivity index (χ0n) is 13.3. The number of aromatic nitrogens is 3. The van der Waals surface area contributed by atoms with Crippen molar-refractivity contribution in [1.82, 2.24) is 19.8 Å². The number of halogens is 1. The Balaban J connectivity index is 2.13. The number of carbonyl (C=O) groups is 1. The lowest BCUT2D eigenvalue weighted by molar-refractivity contribution is -0.128. The molecule has 126 valence electrons. The van der Waals surface area contributed by atoms with Crippen LogP contribution in [0.5, 0.6) is 0 Å². The maximum Gasteiger partial charge on any atom is 0.235 e. The molecule has 0 aliphatic carbocycles. The number of nitrogens with zero attached hydrogens (tertiary/aromatic N) is 5. The minimum Gasteiger partial charge on any atom is -0.344 e. The van der Waals surface area contributed by atoms with Gasteiger partial charge in [0.2, 0.25) is 11.1 Å². The lowest BCUT2D eigenvalue weighted by atomic mass is 10.2. The molecule has 24 heavy (non-hydrogen) atoms. The van der Waals surface area contributed by atoms with Crippen LogP contribution >= 0.6 is 27.7 Å². The van der Waals surface area contributed by atoms with E-state index in [1.165, 1.54) is 21.3 Å². The number of rotatable bonds is 6. The highest BCUT2D eigenvalue weighted by molar-refractivity contribution is 9.10. The molecule has 2 N–H and O–H groups in total. The lowest BCUT2D eigenvalue weighted by Crippen LogP contribution is -2.34. The first-order valence-corrected chi connectivity index (χ1v) is 8.87. The zero-order chi connectivity index (χ0) is 17.7. The molecule has 1 aromatic heterocycles. The number of thioether (sulfide) groups is 1. The minimum absolute atomic E-state index is 0.0827. The number of nitrogen functional groups attached to an aromatic ring is 1. The first-order valence-electron chi connectivity index (χ1n) is 7.19. The van der Waals surface area contributed by atoms with Gasteiger partial charge < -0.3 is 10.7 Å². The molecule has 0 aliphatic heterocycles. The maximum atomic E-state index is 12.3. The molecule has 0 saturated heterocycles. The minimum atomic E-state index is -0.382. The fourth-order valence-electron chi connectivity index (χ4n) is 2.03. The van der Waals surface area contributed by atoms with E-state index in [0.29, 0.717) is 23.9 Å². The Bertz CT molecular complexity index is 772. The van der Waals surface area contributed by atoms with E-state index < -0.39 is 0 Å². The molecule has 1 amide bonds. The molecule has 2 rings (SSSR count). The summed E-state index contributed by atoms with van der Waals surface area (Å²) >= 11 is 4.70. The van der Waals surface area contributed by atoms with Crippen molar-refractivity contribution in [3.05, 3.63) is 28.7 Å². The molecule has 0 unspecified atom stereocenters. The van der Waals surface area contributed by atoms with Gasteiger partial charge in [-0.1, -0.05) is 39.8 Å². The van der Waals surface area contributed by atoms with Crippen molar-refractivity contribution in [3.63, 3.8) is 0 Å². The number of carbonyl (C=O) groups excluding carboxylic acids is 1. The van der Waals surface area contributed by atoms with Crippen molar-refractivity contribution in [1.29, 1.82) is 5.26 Å². The largest absolute Gasteiger partial charge is 0.344 e. The number of amides is 1. The molecule has 2 aromatic rings. The summed E-state index contributed by atoms with van der Waals surface area (Å²) in [4.78, 5) is 13.8. The van der Waals surface area contributed by atoms with Gasteiger partial charge in [0, 0.05) is 23.6 Å². The predicted octanol–water partition coefficient (Wildman–Crippen LogP) is 2.27. The lowest BCUT2D eigenvalue weighted by Gasteiger charge is -2.19. The highest BCUT2D eigenvalue weighted by Gasteiger charge is 2.22. The second-order valence-electron chi connectivity index (χ2n) is 5.08. The Kier molecular flexibility index (Phi) is 6.23. The van der Waals surface area contributed by atoms with Crippen LogP contribution in [-0.2, 0) is 4.79 Å². The fraction of sp³-hybridized carbons (Fsp3) is 0.333. The van der Waals surface area contributed by atoms with Crippen LogP contribution in [-0.4, -0.2) is 44.5 Å². The van der Waals surface area contributed by atoms with Crippen LogP contribution < -0.4 is 5.84 Å². The topological polar surface area (TPSA) is 101 Å². The van der Waals surface area contributed by atoms with Gasteiger partial charge in [-0.3, -0.25) is 4.79 Å². The SMILES string of the molecule is C[C@@H](Sc1nnc(-c2ccccc2Br)n1N)C(=O)N(C)CCC#N. The zero-order valence-corrected chi connectivity index (χ0v) is 15.7. The summed E-state index contributed by atoms with van der Waals surface area (Å²) in [5, 5.41) is 16.9. The van der Waals surface area contributed by atoms with Crippen molar-refractivity contribution < 1.29 is 4.79 Å². The van der Waals surface area contributed by atoms with Gasteiger partial charge in [0.25, 0.3) is 0 Å². The summed E-state index contributed by atoms with van der Waals surface area (Å²) < 4.78 is 2.24. The van der Waals surface area contributed by atoms with Gasteiger partial charge in [0.1, 0.15) is 0 Å². The fourth-order valence-corrected chi connectivity index (χ4v) is 3.38. The summed E-state index contributed by atoms with van der Waals surface area (Å²) in [7, 11) is 1.68. The van der Waals surface area contributed by atoms with Crippen molar-refractivity contribution in [2.45, 2.75) is 23.8 Å². The van der Waals surface area contributed by atoms with E-state index in [9.17, 15) is 4.79 Å². The third kappa shape index (κ3) is 4.07. The summed E-state index contributed by atoms with van der Waals surface area (Å²) in [6.45, 7) is 2.18. The smallest absolute Gasteiger partial charge is 0.235 e. The van der Waals surface area contributed by atoms with E-state index in [1.54, 1.807) is 14.0 Å². The Morgan fingerprint density at radius 2 is 2.21 bits per heavy atom. The van der Waals surface area contributed by atoms with Gasteiger partial charge in [-0.15, -0.1) is 10.2 Å². The summed E-state index contributed by atoms with van der Waals surface area (Å²) in [5.74, 6) is 6.52. The highest BCUT2D eigenvalue weighted by Crippen LogP contribution is 2.29. The van der Waals surface area contributed by atoms with Crippen LogP contribution in [0, 0.1) is 11.3 Å². The molecule has 0 spiro atoms. The summed E-state index contributed by atoms with van der Waals surface area (Å²) in [5.41, 5.74) is 0.824. The highest BCUT2D eigenvalue weighted by atomic mass is 79.9. The third-order valence-electron chi connectivity index (χ3n) is 3.34. The molecule has 1 heterocycles. The average Bonchev–Trinajstić information content (AvgIpc) is 2.93. The molecule has 7 nitrogen and oxygen atoms in total. The van der Waals surface area contributed by atoms with E-state index in [2.05, 4.69) is 26.1 Å². The van der Waals surface area contributed by atoms with Gasteiger partial charge >= 0.3 is 0 Å². The molecule has 0 radical (unpaired) electrons. The molecule has 1 atom stereocenters. The Morgan fingerprint density at radius 1 is 1.50 bits per heavy atom. The molecule has 1 aromatic carbocycles. The average molecular weight is 409 g/mol. The van der Waals surface area contributed by atoms with E-state index in [-0.39, 0.29) is 11.2 Å². The molecular weight excluding hydrogens is 392 g/mol. The third-order valence-corrected chi connectivity index (χ3v) is 5.08. The predicted molar refractivity (Wildman–Crippen MR) is 96.5 cm³/mol. The first kappa shape index (κ1) is 18.3. The second kappa shape index (κ2) is 8.17. The molecule has 0 fully saturated rings. The standard InChI is InChI=1S/C15H17BrN6OS/c1-10(14(23)21(2)9-5-8-17)24-15-20-19-13(22(15)18)11-6-3-4-7-12(11)16/h3-4,6-7,10H,5,9,18H2,1-2H3/t10-/m1/s1. The van der Waals surface area contributed by atoms with Gasteiger partial charge in [0.15, 0.2) is 5.82 Å². The van der Waals surface area contributed by atoms with Crippen LogP contribution in [0.1, 0.15) is 13.3 Å². The van der Waals surface area contributed by atoms with Crippen LogP contribution in [0.15, 0.2) is 33.9 Å². The van der Waals surface area contributed by atoms with Crippen molar-refractivity contribution in [2.24, 2.45) is 0 Å². The van der Waals surface area contributed by atoms with Gasteiger partial charge in [-0.2, -0.15) is 5.26 Å². The van der Waals surface area contributed by atoms with Crippen LogP contribution in [0.4, 0.5) is 0 Å². The van der Waals surface area contributed by atoms with Crippen LogP contribution in [0.2, 0.25) is 0 Å². The normalized spacial score (nSPS) is 11.8. The summed E-state index contributed by atoms with van der Waals surface area (Å²) in [6.07, 6.45) is 0.304. The summed E-state index contributed by atoms with van der Waals surface area (Å²) in [6, 6.07) is 9.60. The molecule has 0 bridgehead atoms. The Morgan fingerprint density at radius 3 is 2.88 bits per heavy atom. The number of hydrogen-bond acceptors (Lipinski definition) is 6. The van der Waals surface area contributed by atoms with Crippen molar-refractivity contribution in [3.8, 4) is 17.5 Å². The second-order valence-corrected chi connectivity index (χ2v) is 7.25. The number of hydrogen-bond donors (Lipinski definition) is 1. The molecular formula is C15H17BrN6OS. The van der Waals surface area contributed by atoms with Gasteiger partial charge in [-0.25, -0.2) is 4.68 Å². The monoisotopic (exact) mass is 408 g/mol. The Labute approximate surface area is 152 Å². The number of benzene rings is 1. The van der Waals surface area contributed by atoms with E-state index in [1.807, 2.05) is 30.3 Å². The van der Waals surface area contributed by atoms with Crippen LogP contribution in [0.25, 0.3) is 11.4 Å². The number of nitrogens with two attached hydrogens (primary N) is 1. The van der Waals surface area contributed by atoms with E-state index >= 15 is 0 Å². The first-order chi connectivity index (χ1) is 11.5. The number of nitriles is 1. The van der Waals surface area contributed by atoms with Crippen LogP contribution in [0.3, 0.4) is 0 Å². The van der Waals surface area contributed by atoms with Gasteiger partial charge in [0.05, 0.1) is 17.7 Å². The van der Waals surface area contributed by atoms with Crippen molar-refractivity contribution >= 4 is 33.6 Å². The van der Waals surface area contributed by atoms with Crippen molar-refractivity contribution in [2.75, 3.05) is 19.4 Å².